The lowest BCUT2D eigenvalue weighted by Crippen LogP contribution is -2.27. The minimum Gasteiger partial charge on any atom is -0.497 e. The van der Waals surface area contributed by atoms with E-state index in [0.717, 1.165) is 18.8 Å². The van der Waals surface area contributed by atoms with Crippen molar-refractivity contribution in [3.05, 3.63) is 71.8 Å². The predicted octanol–water partition coefficient (Wildman–Crippen LogP) is 5.48. The molecular formula is C21H27NOS. The van der Waals surface area contributed by atoms with Crippen LogP contribution in [0.15, 0.2) is 60.7 Å². The van der Waals surface area contributed by atoms with Gasteiger partial charge in [0.05, 0.1) is 13.2 Å². The van der Waals surface area contributed by atoms with Crippen LogP contribution in [0.4, 0.5) is 0 Å². The molecule has 128 valence electrons. The molecule has 0 aliphatic rings. The summed E-state index contributed by atoms with van der Waals surface area (Å²) in [5.41, 5.74) is 2.57. The van der Waals surface area contributed by atoms with Gasteiger partial charge in [-0.2, -0.15) is 0 Å². The maximum Gasteiger partial charge on any atom is 0.118 e. The molecule has 3 heteroatoms. The van der Waals surface area contributed by atoms with E-state index in [1.54, 1.807) is 18.9 Å². The lowest BCUT2D eigenvalue weighted by atomic mass is 10.0. The molecule has 0 bridgehead atoms. The van der Waals surface area contributed by atoms with E-state index < -0.39 is 0 Å². The summed E-state index contributed by atoms with van der Waals surface area (Å²) in [5.74, 6) is 0.891. The van der Waals surface area contributed by atoms with E-state index >= 15 is 0 Å². The summed E-state index contributed by atoms with van der Waals surface area (Å²) in [7, 11) is 1.70. The highest BCUT2D eigenvalue weighted by atomic mass is 32.2. The Morgan fingerprint density at radius 2 is 1.67 bits per heavy atom. The van der Waals surface area contributed by atoms with E-state index in [9.17, 15) is 0 Å². The third kappa shape index (κ3) is 4.65. The van der Waals surface area contributed by atoms with Gasteiger partial charge in [0, 0.05) is 4.91 Å². The van der Waals surface area contributed by atoms with Gasteiger partial charge >= 0.3 is 0 Å². The molecule has 0 saturated carbocycles. The Kier molecular flexibility index (Phi) is 7.41. The van der Waals surface area contributed by atoms with Gasteiger partial charge in [-0.1, -0.05) is 56.3 Å². The lowest BCUT2D eigenvalue weighted by Gasteiger charge is -2.28. The number of methoxy groups -OCH3 is 1. The van der Waals surface area contributed by atoms with Crippen molar-refractivity contribution < 1.29 is 4.74 Å². The van der Waals surface area contributed by atoms with E-state index in [0.29, 0.717) is 0 Å². The molecule has 1 unspecified atom stereocenters. The zero-order valence-electron chi connectivity index (χ0n) is 15.0. The Morgan fingerprint density at radius 1 is 1.04 bits per heavy atom. The number of hydrogen-bond donors (Lipinski definition) is 0. The molecular weight excluding hydrogens is 314 g/mol. The maximum absolute atomic E-state index is 5.27. The summed E-state index contributed by atoms with van der Waals surface area (Å²) in [6.45, 7) is 6.49. The van der Waals surface area contributed by atoms with Crippen LogP contribution in [0.3, 0.4) is 0 Å². The smallest absolute Gasteiger partial charge is 0.118 e. The van der Waals surface area contributed by atoms with Crippen molar-refractivity contribution >= 4 is 16.7 Å². The van der Waals surface area contributed by atoms with Gasteiger partial charge < -0.3 is 4.74 Å². The third-order valence-electron chi connectivity index (χ3n) is 4.25. The average Bonchev–Trinajstić information content (AvgIpc) is 2.66. The summed E-state index contributed by atoms with van der Waals surface area (Å²) in [5, 5.41) is 0. The molecule has 0 radical (unpaired) electrons. The van der Waals surface area contributed by atoms with E-state index in [1.165, 1.54) is 16.0 Å². The molecule has 24 heavy (non-hydrogen) atoms. The quantitative estimate of drug-likeness (QED) is 0.630. The SMILES string of the molecule is CCN(CC)C(/C=C(\SC)c1ccc(OC)cc1)c1ccccc1. The van der Waals surface area contributed by atoms with Crippen LogP contribution in [0, 0.1) is 0 Å². The van der Waals surface area contributed by atoms with Crippen molar-refractivity contribution in [3.63, 3.8) is 0 Å². The predicted molar refractivity (Wildman–Crippen MR) is 107 cm³/mol. The lowest BCUT2D eigenvalue weighted by molar-refractivity contribution is 0.257. The number of benzene rings is 2. The van der Waals surface area contributed by atoms with E-state index in [4.69, 9.17) is 4.74 Å². The molecule has 0 spiro atoms. The molecule has 2 rings (SSSR count). The number of nitrogens with zero attached hydrogens (tertiary/aromatic N) is 1. The highest BCUT2D eigenvalue weighted by Crippen LogP contribution is 2.32. The fourth-order valence-corrected chi connectivity index (χ4v) is 3.50. The first kappa shape index (κ1) is 18.6. The molecule has 2 nitrogen and oxygen atoms in total. The van der Waals surface area contributed by atoms with Crippen molar-refractivity contribution in [2.75, 3.05) is 26.5 Å². The molecule has 0 saturated heterocycles. The second-order valence-electron chi connectivity index (χ2n) is 5.54. The van der Waals surface area contributed by atoms with Crippen LogP contribution >= 0.6 is 11.8 Å². The first-order chi connectivity index (χ1) is 11.7. The molecule has 0 amide bonds. The molecule has 0 aliphatic heterocycles. The number of likely N-dealkylation sites (N-methyl/N-ethyl adjacent to an activating group) is 1. The Balaban J connectivity index is 2.40. The summed E-state index contributed by atoms with van der Waals surface area (Å²) < 4.78 is 5.27. The molecule has 0 heterocycles. The number of ether oxygens (including phenoxy) is 1. The minimum absolute atomic E-state index is 0.283. The highest BCUT2D eigenvalue weighted by molar-refractivity contribution is 8.07. The molecule has 0 aromatic heterocycles. The van der Waals surface area contributed by atoms with Crippen LogP contribution in [0.25, 0.3) is 4.91 Å². The average molecular weight is 342 g/mol. The maximum atomic E-state index is 5.27. The fourth-order valence-electron chi connectivity index (χ4n) is 2.86. The van der Waals surface area contributed by atoms with Gasteiger partial charge in [0.1, 0.15) is 5.75 Å². The molecule has 0 fully saturated rings. The molecule has 1 atom stereocenters. The van der Waals surface area contributed by atoms with Crippen LogP contribution in [-0.2, 0) is 0 Å². The normalized spacial score (nSPS) is 13.1. The Bertz CT molecular complexity index is 633. The second kappa shape index (κ2) is 9.55. The molecule has 2 aromatic carbocycles. The van der Waals surface area contributed by atoms with Gasteiger partial charge in [-0.25, -0.2) is 0 Å². The monoisotopic (exact) mass is 341 g/mol. The first-order valence-corrected chi connectivity index (χ1v) is 9.65. The van der Waals surface area contributed by atoms with Gasteiger partial charge in [0.25, 0.3) is 0 Å². The van der Waals surface area contributed by atoms with Crippen LogP contribution in [0.5, 0.6) is 5.75 Å². The van der Waals surface area contributed by atoms with Crippen LogP contribution in [0.2, 0.25) is 0 Å². The van der Waals surface area contributed by atoms with Crippen molar-refractivity contribution in [1.82, 2.24) is 4.90 Å². The van der Waals surface area contributed by atoms with Crippen molar-refractivity contribution in [2.45, 2.75) is 19.9 Å². The van der Waals surface area contributed by atoms with Crippen LogP contribution in [0.1, 0.15) is 31.0 Å². The summed E-state index contributed by atoms with van der Waals surface area (Å²) in [6.07, 6.45) is 4.52. The number of hydrogen-bond acceptors (Lipinski definition) is 3. The summed E-state index contributed by atoms with van der Waals surface area (Å²) in [6, 6.07) is 19.3. The zero-order valence-corrected chi connectivity index (χ0v) is 15.8. The van der Waals surface area contributed by atoms with E-state index in [-0.39, 0.29) is 6.04 Å². The van der Waals surface area contributed by atoms with Crippen molar-refractivity contribution in [2.24, 2.45) is 0 Å². The number of rotatable bonds is 8. The summed E-state index contributed by atoms with van der Waals surface area (Å²) >= 11 is 1.79. The standard InChI is InChI=1S/C21H27NOS/c1-5-22(6-2)20(17-10-8-7-9-11-17)16-21(24-4)18-12-14-19(23-3)15-13-18/h7-16,20H,5-6H2,1-4H3/b21-16-. The van der Waals surface area contributed by atoms with Crippen LogP contribution < -0.4 is 4.74 Å². The molecule has 2 aromatic rings. The van der Waals surface area contributed by atoms with Gasteiger partial charge in [-0.15, -0.1) is 11.8 Å². The molecule has 0 aliphatic carbocycles. The molecule has 0 N–H and O–H groups in total. The highest BCUT2D eigenvalue weighted by Gasteiger charge is 2.16. The first-order valence-electron chi connectivity index (χ1n) is 8.42. The zero-order chi connectivity index (χ0) is 17.4. The van der Waals surface area contributed by atoms with Crippen molar-refractivity contribution in [3.8, 4) is 5.75 Å². The fraction of sp³-hybridized carbons (Fsp3) is 0.333. The summed E-state index contributed by atoms with van der Waals surface area (Å²) in [4.78, 5) is 3.77. The van der Waals surface area contributed by atoms with E-state index in [2.05, 4.69) is 73.5 Å². The Labute approximate surface area is 150 Å². The van der Waals surface area contributed by atoms with Crippen molar-refractivity contribution in [1.29, 1.82) is 0 Å². The Hall–Kier alpha value is -1.71. The van der Waals surface area contributed by atoms with Crippen LogP contribution in [-0.4, -0.2) is 31.4 Å². The van der Waals surface area contributed by atoms with Gasteiger partial charge in [-0.05, 0) is 48.7 Å². The Morgan fingerprint density at radius 3 is 2.17 bits per heavy atom. The number of thioether (sulfide) groups is 1. The van der Waals surface area contributed by atoms with Gasteiger partial charge in [0.15, 0.2) is 0 Å². The minimum atomic E-state index is 0.283. The van der Waals surface area contributed by atoms with Gasteiger partial charge in [0.2, 0.25) is 0 Å². The van der Waals surface area contributed by atoms with Gasteiger partial charge in [-0.3, -0.25) is 4.90 Å². The largest absolute Gasteiger partial charge is 0.497 e. The van der Waals surface area contributed by atoms with E-state index in [1.807, 2.05) is 12.1 Å². The second-order valence-corrected chi connectivity index (χ2v) is 6.39. The topological polar surface area (TPSA) is 12.5 Å². The third-order valence-corrected chi connectivity index (χ3v) is 5.06.